The fourth-order valence-electron chi connectivity index (χ4n) is 3.24. The van der Waals surface area contributed by atoms with Crippen LogP contribution in [0.5, 0.6) is 0 Å². The molecule has 0 atom stereocenters. The number of aromatic nitrogens is 1. The second kappa shape index (κ2) is 8.54. The SMILES string of the molecule is CC(=O)N(CCC(=O)NCCc1c[nH]c2ccccc12)c1cccc(C)c1. The Labute approximate surface area is 159 Å². The number of aryl methyl sites for hydroxylation is 1. The lowest BCUT2D eigenvalue weighted by Gasteiger charge is -2.21. The molecule has 0 spiro atoms. The number of anilines is 1. The maximum atomic E-state index is 12.2. The first-order valence-corrected chi connectivity index (χ1v) is 9.21. The molecule has 0 fully saturated rings. The van der Waals surface area contributed by atoms with Crippen molar-refractivity contribution in [2.24, 2.45) is 0 Å². The molecule has 5 heteroatoms. The Morgan fingerprint density at radius 1 is 1.11 bits per heavy atom. The maximum absolute atomic E-state index is 12.2. The molecular weight excluding hydrogens is 338 g/mol. The molecule has 5 nitrogen and oxygen atoms in total. The number of carbonyl (C=O) groups is 2. The second-order valence-electron chi connectivity index (χ2n) is 6.72. The van der Waals surface area contributed by atoms with E-state index in [2.05, 4.69) is 16.4 Å². The molecule has 140 valence electrons. The van der Waals surface area contributed by atoms with Crippen LogP contribution in [0.1, 0.15) is 24.5 Å². The zero-order chi connectivity index (χ0) is 19.2. The van der Waals surface area contributed by atoms with Crippen molar-refractivity contribution in [3.05, 3.63) is 65.9 Å². The number of fused-ring (bicyclic) bond motifs is 1. The Bertz CT molecular complexity index is 945. The summed E-state index contributed by atoms with van der Waals surface area (Å²) in [5.41, 5.74) is 4.21. The van der Waals surface area contributed by atoms with Gasteiger partial charge in [0.25, 0.3) is 0 Å². The highest BCUT2D eigenvalue weighted by Crippen LogP contribution is 2.18. The van der Waals surface area contributed by atoms with Gasteiger partial charge >= 0.3 is 0 Å². The lowest BCUT2D eigenvalue weighted by atomic mass is 10.1. The van der Waals surface area contributed by atoms with Gasteiger partial charge in [-0.2, -0.15) is 0 Å². The van der Waals surface area contributed by atoms with Gasteiger partial charge in [-0.3, -0.25) is 9.59 Å². The van der Waals surface area contributed by atoms with Crippen LogP contribution >= 0.6 is 0 Å². The van der Waals surface area contributed by atoms with Crippen molar-refractivity contribution in [1.82, 2.24) is 10.3 Å². The number of hydrogen-bond donors (Lipinski definition) is 2. The first kappa shape index (κ1) is 18.7. The van der Waals surface area contributed by atoms with Gasteiger partial charge in [0.2, 0.25) is 11.8 Å². The van der Waals surface area contributed by atoms with Gasteiger partial charge in [-0.1, -0.05) is 30.3 Å². The van der Waals surface area contributed by atoms with Crippen LogP contribution in [0.3, 0.4) is 0 Å². The molecule has 0 saturated heterocycles. The van der Waals surface area contributed by atoms with Crippen molar-refractivity contribution in [2.45, 2.75) is 26.7 Å². The van der Waals surface area contributed by atoms with Crippen LogP contribution < -0.4 is 10.2 Å². The highest BCUT2D eigenvalue weighted by Gasteiger charge is 2.13. The summed E-state index contributed by atoms with van der Waals surface area (Å²) in [4.78, 5) is 29.0. The van der Waals surface area contributed by atoms with E-state index in [1.165, 1.54) is 17.9 Å². The van der Waals surface area contributed by atoms with Crippen molar-refractivity contribution in [1.29, 1.82) is 0 Å². The number of benzene rings is 2. The Balaban J connectivity index is 1.50. The maximum Gasteiger partial charge on any atom is 0.223 e. The quantitative estimate of drug-likeness (QED) is 0.674. The third-order valence-corrected chi connectivity index (χ3v) is 4.65. The van der Waals surface area contributed by atoms with Crippen LogP contribution in [0.2, 0.25) is 0 Å². The van der Waals surface area contributed by atoms with E-state index in [9.17, 15) is 9.59 Å². The minimum atomic E-state index is -0.0628. The standard InChI is InChI=1S/C22H25N3O2/c1-16-6-5-7-19(14-16)25(17(2)26)13-11-22(27)23-12-10-18-15-24-21-9-4-3-8-20(18)21/h3-9,14-15,24H,10-13H2,1-2H3,(H,23,27). The fourth-order valence-corrected chi connectivity index (χ4v) is 3.24. The smallest absolute Gasteiger partial charge is 0.223 e. The fraction of sp³-hybridized carbons (Fsp3) is 0.273. The van der Waals surface area contributed by atoms with Crippen molar-refractivity contribution in [2.75, 3.05) is 18.0 Å². The van der Waals surface area contributed by atoms with Crippen LogP contribution in [0.25, 0.3) is 10.9 Å². The summed E-state index contributed by atoms with van der Waals surface area (Å²) in [7, 11) is 0. The highest BCUT2D eigenvalue weighted by molar-refractivity contribution is 5.92. The van der Waals surface area contributed by atoms with Crippen molar-refractivity contribution >= 4 is 28.4 Å². The third-order valence-electron chi connectivity index (χ3n) is 4.65. The summed E-state index contributed by atoms with van der Waals surface area (Å²) in [6.45, 7) is 4.46. The van der Waals surface area contributed by atoms with Gasteiger partial charge in [0, 0.05) is 49.2 Å². The predicted octanol–water partition coefficient (Wildman–Crippen LogP) is 3.58. The summed E-state index contributed by atoms with van der Waals surface area (Å²) in [6, 6.07) is 15.9. The molecule has 3 aromatic rings. The number of carbonyl (C=O) groups excluding carboxylic acids is 2. The molecular formula is C22H25N3O2. The molecule has 2 N–H and O–H groups in total. The summed E-state index contributed by atoms with van der Waals surface area (Å²) in [5.74, 6) is -0.110. The van der Waals surface area contributed by atoms with E-state index in [0.717, 1.165) is 23.2 Å². The van der Waals surface area contributed by atoms with E-state index in [0.29, 0.717) is 13.1 Å². The number of aromatic amines is 1. The number of para-hydroxylation sites is 1. The van der Waals surface area contributed by atoms with Crippen LogP contribution in [0, 0.1) is 6.92 Å². The van der Waals surface area contributed by atoms with Gasteiger partial charge in [-0.25, -0.2) is 0 Å². The van der Waals surface area contributed by atoms with E-state index < -0.39 is 0 Å². The Hall–Kier alpha value is -3.08. The van der Waals surface area contributed by atoms with E-state index >= 15 is 0 Å². The minimum absolute atomic E-state index is 0.0475. The van der Waals surface area contributed by atoms with E-state index in [1.807, 2.05) is 55.6 Å². The minimum Gasteiger partial charge on any atom is -0.361 e. The molecule has 0 unspecified atom stereocenters. The van der Waals surface area contributed by atoms with Crippen LogP contribution in [0.15, 0.2) is 54.7 Å². The molecule has 0 bridgehead atoms. The normalized spacial score (nSPS) is 10.7. The van der Waals surface area contributed by atoms with E-state index in [4.69, 9.17) is 0 Å². The van der Waals surface area contributed by atoms with Crippen molar-refractivity contribution in [3.8, 4) is 0 Å². The van der Waals surface area contributed by atoms with Gasteiger partial charge in [0.1, 0.15) is 0 Å². The summed E-state index contributed by atoms with van der Waals surface area (Å²) in [5, 5.41) is 4.14. The average Bonchev–Trinajstić information content (AvgIpc) is 3.05. The molecule has 1 aromatic heterocycles. The van der Waals surface area contributed by atoms with Crippen molar-refractivity contribution in [3.63, 3.8) is 0 Å². The zero-order valence-electron chi connectivity index (χ0n) is 15.8. The Morgan fingerprint density at radius 3 is 2.70 bits per heavy atom. The van der Waals surface area contributed by atoms with Crippen LogP contribution in [-0.2, 0) is 16.0 Å². The number of H-pyrrole nitrogens is 1. The summed E-state index contributed by atoms with van der Waals surface area (Å²) in [6.07, 6.45) is 3.04. The number of rotatable bonds is 7. The molecule has 1 heterocycles. The summed E-state index contributed by atoms with van der Waals surface area (Å²) < 4.78 is 0. The third kappa shape index (κ3) is 4.76. The highest BCUT2D eigenvalue weighted by atomic mass is 16.2. The lowest BCUT2D eigenvalue weighted by Crippen LogP contribution is -2.34. The monoisotopic (exact) mass is 363 g/mol. The van der Waals surface area contributed by atoms with Gasteiger partial charge in [0.15, 0.2) is 0 Å². The predicted molar refractivity (Wildman–Crippen MR) is 109 cm³/mol. The zero-order valence-corrected chi connectivity index (χ0v) is 15.8. The molecule has 2 aromatic carbocycles. The molecule has 0 aliphatic rings. The lowest BCUT2D eigenvalue weighted by molar-refractivity contribution is -0.121. The Kier molecular flexibility index (Phi) is 5.91. The molecule has 0 radical (unpaired) electrons. The van der Waals surface area contributed by atoms with Crippen LogP contribution in [-0.4, -0.2) is 29.9 Å². The number of amides is 2. The molecule has 0 saturated carbocycles. The van der Waals surface area contributed by atoms with Gasteiger partial charge in [0.05, 0.1) is 0 Å². The number of hydrogen-bond acceptors (Lipinski definition) is 2. The topological polar surface area (TPSA) is 65.2 Å². The molecule has 2 amide bonds. The molecule has 3 rings (SSSR count). The second-order valence-corrected chi connectivity index (χ2v) is 6.72. The van der Waals surface area contributed by atoms with E-state index in [1.54, 1.807) is 4.90 Å². The van der Waals surface area contributed by atoms with Gasteiger partial charge < -0.3 is 15.2 Å². The average molecular weight is 363 g/mol. The first-order chi connectivity index (χ1) is 13.0. The van der Waals surface area contributed by atoms with Gasteiger partial charge in [-0.05, 0) is 42.7 Å². The van der Waals surface area contributed by atoms with E-state index in [-0.39, 0.29) is 18.2 Å². The van der Waals surface area contributed by atoms with Crippen molar-refractivity contribution < 1.29 is 9.59 Å². The van der Waals surface area contributed by atoms with Crippen LogP contribution in [0.4, 0.5) is 5.69 Å². The first-order valence-electron chi connectivity index (χ1n) is 9.21. The number of nitrogens with one attached hydrogen (secondary N) is 2. The Morgan fingerprint density at radius 2 is 1.93 bits per heavy atom. The largest absolute Gasteiger partial charge is 0.361 e. The summed E-state index contributed by atoms with van der Waals surface area (Å²) >= 11 is 0. The van der Waals surface area contributed by atoms with Gasteiger partial charge in [-0.15, -0.1) is 0 Å². The molecule has 27 heavy (non-hydrogen) atoms. The molecule has 0 aliphatic heterocycles. The number of nitrogens with zero attached hydrogens (tertiary/aromatic N) is 1. The molecule has 0 aliphatic carbocycles.